The van der Waals surface area contributed by atoms with Gasteiger partial charge < -0.3 is 8.80 Å². The minimum Gasteiger partial charge on any atom is -0.307 e. The summed E-state index contributed by atoms with van der Waals surface area (Å²) < 4.78 is 5.38. The van der Waals surface area contributed by atoms with E-state index in [2.05, 4.69) is 288 Å². The lowest BCUT2D eigenvalue weighted by Gasteiger charge is -2.35. The minimum absolute atomic E-state index is 0.468. The highest BCUT2D eigenvalue weighted by Crippen LogP contribution is 2.63. The van der Waals surface area contributed by atoms with Crippen molar-refractivity contribution in [2.45, 2.75) is 23.7 Å². The van der Waals surface area contributed by atoms with Crippen LogP contribution in [0.4, 0.5) is 0 Å². The number of para-hydroxylation sites is 2. The van der Waals surface area contributed by atoms with Gasteiger partial charge in [-0.1, -0.05) is 267 Å². The molecule has 12 aromatic carbocycles. The maximum absolute atomic E-state index is 2.69. The van der Waals surface area contributed by atoms with E-state index in [1.165, 1.54) is 165 Å². The summed E-state index contributed by atoms with van der Waals surface area (Å²) >= 11 is 0. The van der Waals surface area contributed by atoms with E-state index in [-0.39, 0.29) is 0 Å². The van der Waals surface area contributed by atoms with Crippen molar-refractivity contribution in [2.24, 2.45) is 0 Å². The molecule has 3 aliphatic rings. The molecule has 0 saturated carbocycles. The highest BCUT2D eigenvalue weighted by Gasteiger charge is 2.49. The predicted molar refractivity (Wildman–Crippen MR) is 342 cm³/mol. The van der Waals surface area contributed by atoms with E-state index in [9.17, 15) is 0 Å². The molecule has 19 rings (SSSR count). The average Bonchev–Trinajstić information content (AvgIpc) is 3.00. The summed E-state index contributed by atoms with van der Waals surface area (Å²) in [4.78, 5) is 0. The van der Waals surface area contributed by atoms with Crippen LogP contribution in [-0.2, 0) is 10.8 Å². The Bertz CT molecular complexity index is 5370. The van der Waals surface area contributed by atoms with Crippen LogP contribution in [0.1, 0.15) is 51.8 Å². The van der Waals surface area contributed by atoms with Crippen LogP contribution >= 0.6 is 0 Å². The van der Waals surface area contributed by atoms with Crippen LogP contribution in [0.15, 0.2) is 285 Å². The molecule has 0 fully saturated rings. The monoisotopic (exact) mass is 1040 g/mol. The third-order valence-corrected chi connectivity index (χ3v) is 19.5. The molecule has 4 heterocycles. The molecule has 1 unspecified atom stereocenters. The fraction of sp³-hybridized carbons (Fsp3) is 0.0500. The predicted octanol–water partition coefficient (Wildman–Crippen LogP) is 20.3. The van der Waals surface area contributed by atoms with Gasteiger partial charge >= 0.3 is 0 Å². The molecule has 380 valence electrons. The van der Waals surface area contributed by atoms with Gasteiger partial charge in [0.1, 0.15) is 0 Å². The number of fused-ring (bicyclic) bond motifs is 20. The summed E-state index contributed by atoms with van der Waals surface area (Å²) in [5.74, 6) is 0. The van der Waals surface area contributed by atoms with Gasteiger partial charge in [-0.3, -0.25) is 0 Å². The molecule has 0 bridgehead atoms. The molecule has 0 N–H and O–H groups in total. The quantitative estimate of drug-likeness (QED) is 0.157. The molecule has 16 aromatic rings. The summed E-state index contributed by atoms with van der Waals surface area (Å²) in [5.41, 5.74) is 27.3. The van der Waals surface area contributed by atoms with Crippen LogP contribution in [-0.4, -0.2) is 8.80 Å². The summed E-state index contributed by atoms with van der Waals surface area (Å²) in [5, 5.41) is 10.3. The Labute approximate surface area is 474 Å². The SMILES string of the molecule is C1=CC(C2(c3ccccc3)c3ccccc3-c3c2ccc2c3c3cccc4c5c(-c6ccccc6)c6c(c(-c7ccccc7)c5n2c34)c2cccc3c4c5c(ccc4n6c32)C(c2ccccc2)(c2ccccc2)c2ccccc2-5)=CCC1. The van der Waals surface area contributed by atoms with Crippen molar-refractivity contribution in [2.75, 3.05) is 0 Å². The molecule has 0 radical (unpaired) electrons. The number of nitrogens with zero attached hydrogens (tertiary/aromatic N) is 2. The van der Waals surface area contributed by atoms with E-state index in [1.54, 1.807) is 0 Å². The largest absolute Gasteiger partial charge is 0.307 e. The lowest BCUT2D eigenvalue weighted by molar-refractivity contribution is 0.752. The molecule has 3 aliphatic carbocycles. The fourth-order valence-electron chi connectivity index (χ4n) is 16.7. The molecule has 82 heavy (non-hydrogen) atoms. The molecule has 2 heteroatoms. The van der Waals surface area contributed by atoms with E-state index < -0.39 is 10.8 Å². The number of hydrogen-bond acceptors (Lipinski definition) is 0. The van der Waals surface area contributed by atoms with Crippen LogP contribution in [0.2, 0.25) is 0 Å². The first-order valence-corrected chi connectivity index (χ1v) is 29.1. The number of hydrogen-bond donors (Lipinski definition) is 0. The molecule has 0 aliphatic heterocycles. The summed E-state index contributed by atoms with van der Waals surface area (Å²) in [6.45, 7) is 0. The van der Waals surface area contributed by atoms with E-state index in [0.29, 0.717) is 0 Å². The van der Waals surface area contributed by atoms with Gasteiger partial charge in [0.15, 0.2) is 0 Å². The van der Waals surface area contributed by atoms with Crippen molar-refractivity contribution in [3.8, 4) is 44.5 Å². The highest BCUT2D eigenvalue weighted by molar-refractivity contribution is 6.39. The smallest absolute Gasteiger partial charge is 0.0713 e. The molecule has 2 nitrogen and oxygen atoms in total. The number of aromatic nitrogens is 2. The number of rotatable bonds is 6. The normalized spacial score (nSPS) is 16.1. The Morgan fingerprint density at radius 2 is 0.671 bits per heavy atom. The second kappa shape index (κ2) is 16.2. The third kappa shape index (κ3) is 5.28. The Balaban J connectivity index is 1.01. The molecular formula is C80H50N2. The van der Waals surface area contributed by atoms with Gasteiger partial charge in [-0.25, -0.2) is 0 Å². The van der Waals surface area contributed by atoms with Crippen molar-refractivity contribution in [1.29, 1.82) is 0 Å². The first-order valence-electron chi connectivity index (χ1n) is 29.1. The molecule has 1 atom stereocenters. The van der Waals surface area contributed by atoms with E-state index >= 15 is 0 Å². The van der Waals surface area contributed by atoms with E-state index in [0.717, 1.165) is 12.8 Å². The van der Waals surface area contributed by atoms with Crippen molar-refractivity contribution < 1.29 is 0 Å². The molecule has 0 saturated heterocycles. The Morgan fingerprint density at radius 1 is 0.280 bits per heavy atom. The summed E-state index contributed by atoms with van der Waals surface area (Å²) in [7, 11) is 0. The second-order valence-corrected chi connectivity index (χ2v) is 23.1. The highest BCUT2D eigenvalue weighted by atomic mass is 14.9. The average molecular weight is 1040 g/mol. The van der Waals surface area contributed by atoms with Gasteiger partial charge in [0, 0.05) is 54.2 Å². The summed E-state index contributed by atoms with van der Waals surface area (Å²) in [6, 6.07) is 99.1. The first kappa shape index (κ1) is 44.6. The van der Waals surface area contributed by atoms with Crippen LogP contribution in [0.5, 0.6) is 0 Å². The zero-order valence-corrected chi connectivity index (χ0v) is 44.9. The molecule has 0 amide bonds. The van der Waals surface area contributed by atoms with Crippen LogP contribution in [0.25, 0.3) is 121 Å². The van der Waals surface area contributed by atoms with Gasteiger partial charge in [-0.2, -0.15) is 0 Å². The van der Waals surface area contributed by atoms with Crippen molar-refractivity contribution >= 4 is 76.2 Å². The molecule has 0 spiro atoms. The third-order valence-electron chi connectivity index (χ3n) is 19.5. The topological polar surface area (TPSA) is 8.82 Å². The Kier molecular flexibility index (Phi) is 8.80. The van der Waals surface area contributed by atoms with Gasteiger partial charge in [0.25, 0.3) is 0 Å². The van der Waals surface area contributed by atoms with Crippen molar-refractivity contribution in [3.05, 3.63) is 324 Å². The minimum atomic E-state index is -0.516. The van der Waals surface area contributed by atoms with Gasteiger partial charge in [-0.15, -0.1) is 0 Å². The van der Waals surface area contributed by atoms with Crippen LogP contribution < -0.4 is 0 Å². The summed E-state index contributed by atoms with van der Waals surface area (Å²) in [6.07, 6.45) is 9.40. The van der Waals surface area contributed by atoms with E-state index in [4.69, 9.17) is 0 Å². The van der Waals surface area contributed by atoms with Gasteiger partial charge in [-0.05, 0) is 103 Å². The second-order valence-electron chi connectivity index (χ2n) is 23.1. The van der Waals surface area contributed by atoms with Gasteiger partial charge in [0.05, 0.1) is 43.9 Å². The Hall–Kier alpha value is -10.3. The molecule has 4 aromatic heterocycles. The maximum Gasteiger partial charge on any atom is 0.0713 e. The first-order chi connectivity index (χ1) is 40.8. The zero-order valence-electron chi connectivity index (χ0n) is 44.9. The lowest BCUT2D eigenvalue weighted by atomic mass is 9.66. The standard InChI is InChI=1S/C80H50N2/c1-7-25-49(26-8-1)67-73-59-41-23-39-57-72-66(48-46-64-70(72)56-38-20-22-44-62(56)80(64,53-33-15-5-16-34-53)54-35-17-6-18-36-54)82(75(57)59)78(73)68(50-27-9-2-10-28-50)74-60-42-24-40-58-71-65(81(76(58)60)77(67)74)47-45-63-69(71)55-37-19-21-43-61(55)79(63,51-29-11-3-12-30-51)52-31-13-4-14-32-52/h1-5,7-17,19-48H,6,18H2. The van der Waals surface area contributed by atoms with Crippen molar-refractivity contribution in [3.63, 3.8) is 0 Å². The lowest BCUT2D eigenvalue weighted by Crippen LogP contribution is -2.29. The fourth-order valence-corrected chi connectivity index (χ4v) is 16.7. The number of allylic oxidation sites excluding steroid dienone is 4. The van der Waals surface area contributed by atoms with Crippen molar-refractivity contribution in [1.82, 2.24) is 8.80 Å². The molecular weight excluding hydrogens is 989 g/mol. The van der Waals surface area contributed by atoms with Crippen LogP contribution in [0, 0.1) is 0 Å². The maximum atomic E-state index is 2.69. The number of benzene rings is 12. The zero-order chi connectivity index (χ0) is 53.4. The van der Waals surface area contributed by atoms with Crippen LogP contribution in [0.3, 0.4) is 0 Å². The van der Waals surface area contributed by atoms with E-state index in [1.807, 2.05) is 0 Å². The van der Waals surface area contributed by atoms with Gasteiger partial charge in [0.2, 0.25) is 0 Å². The Morgan fingerprint density at radius 3 is 1.12 bits per heavy atom.